The minimum Gasteiger partial charge on any atom is -0.486 e. The molecule has 4 rings (SSSR count). The Morgan fingerprint density at radius 3 is 2.67 bits per heavy atom. The molecule has 0 saturated heterocycles. The van der Waals surface area contributed by atoms with E-state index in [1.165, 1.54) is 24.5 Å². The number of amides is 1. The van der Waals surface area contributed by atoms with E-state index in [9.17, 15) is 9.59 Å². The molecule has 10 heteroatoms. The van der Waals surface area contributed by atoms with Crippen LogP contribution in [0.5, 0.6) is 11.5 Å². The summed E-state index contributed by atoms with van der Waals surface area (Å²) in [6, 6.07) is 5.08. The maximum Gasteiger partial charge on any atom is 0.325 e. The highest BCUT2D eigenvalue weighted by atomic mass is 32.1. The van der Waals surface area contributed by atoms with Crippen LogP contribution >= 0.6 is 11.3 Å². The van der Waals surface area contributed by atoms with Gasteiger partial charge in [-0.25, -0.2) is 0 Å². The fourth-order valence-corrected chi connectivity index (χ4v) is 3.68. The van der Waals surface area contributed by atoms with Crippen LogP contribution in [0.3, 0.4) is 0 Å². The van der Waals surface area contributed by atoms with Gasteiger partial charge in [-0.2, -0.15) is 4.99 Å². The zero-order valence-electron chi connectivity index (χ0n) is 14.6. The first-order valence-corrected chi connectivity index (χ1v) is 8.89. The second kappa shape index (κ2) is 6.88. The quantitative estimate of drug-likeness (QED) is 0.628. The van der Waals surface area contributed by atoms with E-state index in [0.29, 0.717) is 40.7 Å². The lowest BCUT2D eigenvalue weighted by Gasteiger charge is -2.18. The van der Waals surface area contributed by atoms with E-state index in [0.717, 1.165) is 4.70 Å². The predicted molar refractivity (Wildman–Crippen MR) is 94.0 cm³/mol. The van der Waals surface area contributed by atoms with Crippen molar-refractivity contribution in [2.75, 3.05) is 20.3 Å². The third kappa shape index (κ3) is 3.31. The van der Waals surface area contributed by atoms with Crippen LogP contribution in [-0.4, -0.2) is 41.9 Å². The van der Waals surface area contributed by atoms with Crippen molar-refractivity contribution in [3.63, 3.8) is 0 Å². The summed E-state index contributed by atoms with van der Waals surface area (Å²) in [5, 5.41) is 3.69. The standard InChI is InChI=1S/C17H15N3O6S/c1-9-5-13(26-19-9)16(22)18-17-20(8-15(21)23-2)10-6-11-12(7-14(10)27-17)25-4-3-24-11/h5-7H,3-4,8H2,1-2H3. The van der Waals surface area contributed by atoms with E-state index in [1.54, 1.807) is 17.6 Å². The monoisotopic (exact) mass is 389 g/mol. The molecule has 9 nitrogen and oxygen atoms in total. The van der Waals surface area contributed by atoms with Gasteiger partial charge in [-0.1, -0.05) is 16.5 Å². The van der Waals surface area contributed by atoms with Gasteiger partial charge in [-0.15, -0.1) is 0 Å². The molecule has 0 fully saturated rings. The van der Waals surface area contributed by atoms with Gasteiger partial charge in [0.15, 0.2) is 16.3 Å². The van der Waals surface area contributed by atoms with E-state index >= 15 is 0 Å². The van der Waals surface area contributed by atoms with Gasteiger partial charge in [0.1, 0.15) is 19.8 Å². The van der Waals surface area contributed by atoms with Crippen molar-refractivity contribution in [2.45, 2.75) is 13.5 Å². The van der Waals surface area contributed by atoms with Gasteiger partial charge in [0.2, 0.25) is 5.76 Å². The molecule has 140 valence electrons. The number of nitrogens with zero attached hydrogens (tertiary/aromatic N) is 3. The van der Waals surface area contributed by atoms with Crippen LogP contribution in [0, 0.1) is 6.92 Å². The molecule has 0 bridgehead atoms. The van der Waals surface area contributed by atoms with E-state index in [1.807, 2.05) is 6.07 Å². The minimum absolute atomic E-state index is 0.0283. The lowest BCUT2D eigenvalue weighted by Crippen LogP contribution is -2.22. The zero-order chi connectivity index (χ0) is 19.0. The third-order valence-corrected chi connectivity index (χ3v) is 4.94. The lowest BCUT2D eigenvalue weighted by molar-refractivity contribution is -0.141. The van der Waals surface area contributed by atoms with Gasteiger partial charge in [0, 0.05) is 18.2 Å². The molecule has 1 aromatic carbocycles. The molecule has 1 amide bonds. The normalized spacial score (nSPS) is 13.8. The summed E-state index contributed by atoms with van der Waals surface area (Å²) in [6.07, 6.45) is 0. The van der Waals surface area contributed by atoms with E-state index < -0.39 is 11.9 Å². The summed E-state index contributed by atoms with van der Waals surface area (Å²) >= 11 is 1.25. The molecule has 3 aromatic rings. The molecular formula is C17H15N3O6S. The Labute approximate surface area is 156 Å². The Bertz CT molecular complexity index is 1110. The molecule has 0 saturated carbocycles. The molecular weight excluding hydrogens is 374 g/mol. The summed E-state index contributed by atoms with van der Waals surface area (Å²) in [4.78, 5) is 28.7. The molecule has 1 aliphatic rings. The number of carbonyl (C=O) groups is 2. The summed E-state index contributed by atoms with van der Waals surface area (Å²) in [6.45, 7) is 2.52. The van der Waals surface area contributed by atoms with Gasteiger partial charge in [0.05, 0.1) is 23.0 Å². The van der Waals surface area contributed by atoms with E-state index in [4.69, 9.17) is 18.7 Å². The van der Waals surface area contributed by atoms with Gasteiger partial charge in [-0.3, -0.25) is 9.59 Å². The number of thiazole rings is 1. The van der Waals surface area contributed by atoms with Gasteiger partial charge in [0.25, 0.3) is 0 Å². The molecule has 1 aliphatic heterocycles. The summed E-state index contributed by atoms with van der Waals surface area (Å²) in [5.74, 6) is 0.172. The molecule has 2 aromatic heterocycles. The first-order valence-electron chi connectivity index (χ1n) is 8.07. The number of hydrogen-bond donors (Lipinski definition) is 0. The van der Waals surface area contributed by atoms with Crippen LogP contribution in [0.15, 0.2) is 27.7 Å². The van der Waals surface area contributed by atoms with Crippen LogP contribution in [0.25, 0.3) is 10.2 Å². The number of methoxy groups -OCH3 is 1. The van der Waals surface area contributed by atoms with Crippen LogP contribution in [-0.2, 0) is 16.1 Å². The first-order chi connectivity index (χ1) is 13.0. The Kier molecular flexibility index (Phi) is 4.40. The molecule has 0 atom stereocenters. The molecule has 0 unspecified atom stereocenters. The Morgan fingerprint density at radius 2 is 2.00 bits per heavy atom. The summed E-state index contributed by atoms with van der Waals surface area (Å²) in [7, 11) is 1.30. The maximum absolute atomic E-state index is 12.4. The average Bonchev–Trinajstić information content (AvgIpc) is 3.24. The number of rotatable bonds is 3. The van der Waals surface area contributed by atoms with Gasteiger partial charge >= 0.3 is 11.9 Å². The zero-order valence-corrected chi connectivity index (χ0v) is 15.4. The van der Waals surface area contributed by atoms with Crippen LogP contribution < -0.4 is 14.3 Å². The summed E-state index contributed by atoms with van der Waals surface area (Å²) < 4.78 is 23.3. The van der Waals surface area contributed by atoms with Crippen LogP contribution in [0.2, 0.25) is 0 Å². The largest absolute Gasteiger partial charge is 0.486 e. The van der Waals surface area contributed by atoms with Crippen LogP contribution in [0.4, 0.5) is 0 Å². The second-order valence-electron chi connectivity index (χ2n) is 5.76. The van der Waals surface area contributed by atoms with Crippen molar-refractivity contribution in [1.82, 2.24) is 9.72 Å². The Balaban J connectivity index is 1.87. The smallest absolute Gasteiger partial charge is 0.325 e. The first kappa shape index (κ1) is 17.3. The van der Waals surface area contributed by atoms with Crippen molar-refractivity contribution >= 4 is 33.4 Å². The van der Waals surface area contributed by atoms with Crippen molar-refractivity contribution in [1.29, 1.82) is 0 Å². The number of carbonyl (C=O) groups excluding carboxylic acids is 2. The SMILES string of the molecule is COC(=O)Cn1c(=NC(=O)c2cc(C)no2)sc2cc3c(cc21)OCCO3. The minimum atomic E-state index is -0.585. The van der Waals surface area contributed by atoms with Crippen molar-refractivity contribution in [3.05, 3.63) is 34.5 Å². The predicted octanol–water partition coefficient (Wildman–Crippen LogP) is 1.68. The number of benzene rings is 1. The summed E-state index contributed by atoms with van der Waals surface area (Å²) in [5.41, 5.74) is 1.27. The molecule has 0 spiro atoms. The number of fused-ring (bicyclic) bond motifs is 2. The molecule has 0 N–H and O–H groups in total. The number of aromatic nitrogens is 2. The lowest BCUT2D eigenvalue weighted by atomic mass is 10.2. The number of ether oxygens (including phenoxy) is 3. The third-order valence-electron chi connectivity index (χ3n) is 3.90. The van der Waals surface area contributed by atoms with Crippen molar-refractivity contribution in [3.8, 4) is 11.5 Å². The highest BCUT2D eigenvalue weighted by Crippen LogP contribution is 2.35. The topological polar surface area (TPSA) is 105 Å². The highest BCUT2D eigenvalue weighted by molar-refractivity contribution is 7.16. The Morgan fingerprint density at radius 1 is 1.26 bits per heavy atom. The fraction of sp³-hybridized carbons (Fsp3) is 0.294. The maximum atomic E-state index is 12.4. The van der Waals surface area contributed by atoms with Crippen LogP contribution in [0.1, 0.15) is 16.2 Å². The average molecular weight is 389 g/mol. The van der Waals surface area contributed by atoms with Gasteiger partial charge < -0.3 is 23.3 Å². The second-order valence-corrected chi connectivity index (χ2v) is 6.77. The molecule has 27 heavy (non-hydrogen) atoms. The van der Waals surface area contributed by atoms with E-state index in [2.05, 4.69) is 10.1 Å². The highest BCUT2D eigenvalue weighted by Gasteiger charge is 2.19. The van der Waals surface area contributed by atoms with Gasteiger partial charge in [-0.05, 0) is 6.92 Å². The van der Waals surface area contributed by atoms with Crippen molar-refractivity contribution in [2.24, 2.45) is 4.99 Å². The number of esters is 1. The number of aryl methyl sites for hydroxylation is 1. The van der Waals surface area contributed by atoms with E-state index in [-0.39, 0.29) is 12.3 Å². The molecule has 0 aliphatic carbocycles. The number of hydrogen-bond acceptors (Lipinski definition) is 8. The Hall–Kier alpha value is -3.14. The molecule has 0 radical (unpaired) electrons. The van der Waals surface area contributed by atoms with Crippen molar-refractivity contribution < 1.29 is 28.3 Å². The molecule has 3 heterocycles. The fourth-order valence-electron chi connectivity index (χ4n) is 2.64.